The topological polar surface area (TPSA) is 118 Å². The van der Waals surface area contributed by atoms with Gasteiger partial charge in [-0.25, -0.2) is 4.57 Å². The number of nitrogens with zero attached hydrogens (tertiary/aromatic N) is 1. The molecule has 0 spiro atoms. The van der Waals surface area contributed by atoms with E-state index in [2.05, 4.69) is 5.92 Å². The second kappa shape index (κ2) is 9.46. The average Bonchev–Trinajstić information content (AvgIpc) is 2.99. The summed E-state index contributed by atoms with van der Waals surface area (Å²) in [6.07, 6.45) is 5.63. The van der Waals surface area contributed by atoms with Crippen molar-refractivity contribution in [2.75, 3.05) is 13.2 Å². The third-order valence-electron chi connectivity index (χ3n) is 5.54. The number of hydrogen-bond donors (Lipinski definition) is 0. The minimum atomic E-state index is -3.99. The van der Waals surface area contributed by atoms with Crippen LogP contribution in [0.4, 0.5) is 0 Å². The van der Waals surface area contributed by atoms with Crippen molar-refractivity contribution >= 4 is 25.5 Å². The molecule has 176 valence electrons. The normalized spacial score (nSPS) is 35.5. The van der Waals surface area contributed by atoms with Crippen LogP contribution in [0.25, 0.3) is 0 Å². The third-order valence-corrected chi connectivity index (χ3v) is 6.99. The summed E-state index contributed by atoms with van der Waals surface area (Å²) < 4.78 is 40.5. The first kappa shape index (κ1) is 24.6. The average molecular weight is 469 g/mol. The fraction of sp³-hybridized carbons (Fsp3) is 0.667. The SMILES string of the molecule is C#C[C@]1(C)[C@@H]2O[P@@](=O)(OCCC(C)C(=O)OC(C)C)OC[C@H]2O[C@H]1N1C=CC(=O)CC1=O. The van der Waals surface area contributed by atoms with E-state index in [1.165, 1.54) is 17.2 Å². The van der Waals surface area contributed by atoms with E-state index in [0.717, 1.165) is 0 Å². The summed E-state index contributed by atoms with van der Waals surface area (Å²) in [5.74, 6) is 1.00. The summed E-state index contributed by atoms with van der Waals surface area (Å²) in [5.41, 5.74) is -1.18. The highest BCUT2D eigenvalue weighted by Crippen LogP contribution is 2.59. The molecular formula is C21H28NO9P. The molecule has 0 aromatic rings. The molecule has 10 nitrogen and oxygen atoms in total. The van der Waals surface area contributed by atoms with Crippen LogP contribution in [0.3, 0.4) is 0 Å². The summed E-state index contributed by atoms with van der Waals surface area (Å²) in [6, 6.07) is 0. The quantitative estimate of drug-likeness (QED) is 0.239. The molecule has 0 aromatic heterocycles. The lowest BCUT2D eigenvalue weighted by molar-refractivity contribution is -0.152. The lowest BCUT2D eigenvalue weighted by Crippen LogP contribution is -2.49. The molecule has 0 N–H and O–H groups in total. The van der Waals surface area contributed by atoms with Crippen molar-refractivity contribution in [2.45, 2.75) is 65.1 Å². The molecule has 3 aliphatic heterocycles. The zero-order valence-electron chi connectivity index (χ0n) is 18.5. The van der Waals surface area contributed by atoms with Crippen LogP contribution >= 0.6 is 7.82 Å². The molecule has 2 fully saturated rings. The zero-order valence-corrected chi connectivity index (χ0v) is 19.4. The van der Waals surface area contributed by atoms with Gasteiger partial charge >= 0.3 is 13.8 Å². The number of esters is 1. The number of rotatable bonds is 7. The van der Waals surface area contributed by atoms with Gasteiger partial charge in [-0.2, -0.15) is 0 Å². The molecule has 0 saturated carbocycles. The van der Waals surface area contributed by atoms with Gasteiger partial charge in [-0.3, -0.25) is 32.9 Å². The van der Waals surface area contributed by atoms with Crippen LogP contribution in [0.1, 0.15) is 40.5 Å². The van der Waals surface area contributed by atoms with Gasteiger partial charge in [0.25, 0.3) is 0 Å². The van der Waals surface area contributed by atoms with E-state index in [4.69, 9.17) is 29.5 Å². The number of phosphoric ester groups is 1. The van der Waals surface area contributed by atoms with Gasteiger partial charge in [0.1, 0.15) is 17.6 Å². The number of hydrogen-bond acceptors (Lipinski definition) is 9. The van der Waals surface area contributed by atoms with Crippen molar-refractivity contribution in [3.63, 3.8) is 0 Å². The van der Waals surface area contributed by atoms with E-state index in [1.54, 1.807) is 27.7 Å². The standard InChI is InChI=1S/C21H28NO9P/c1-6-21(5)18-16(30-20(21)22-9-7-15(23)11-17(22)24)12-28-32(26,31-18)27-10-8-14(4)19(25)29-13(2)3/h1,7,9,13-14,16,18,20H,8,10-12H2,2-5H3/t14?,16-,18-,20-,21-,32+/m1/s1. The van der Waals surface area contributed by atoms with Crippen molar-refractivity contribution in [3.8, 4) is 12.3 Å². The minimum absolute atomic E-state index is 0.0600. The fourth-order valence-corrected chi connectivity index (χ4v) is 5.17. The minimum Gasteiger partial charge on any atom is -0.463 e. The number of terminal acetylenes is 1. The predicted octanol–water partition coefficient (Wildman–Crippen LogP) is 2.18. The number of allylic oxidation sites excluding steroid dienone is 1. The molecule has 3 rings (SSSR count). The molecule has 0 aliphatic carbocycles. The van der Waals surface area contributed by atoms with Gasteiger partial charge < -0.3 is 9.47 Å². The van der Waals surface area contributed by atoms with E-state index in [-0.39, 0.29) is 43.9 Å². The summed E-state index contributed by atoms with van der Waals surface area (Å²) >= 11 is 0. The summed E-state index contributed by atoms with van der Waals surface area (Å²) in [7, 11) is -3.99. The molecule has 0 aromatic carbocycles. The molecule has 1 amide bonds. The number of carbonyl (C=O) groups is 3. The Morgan fingerprint density at radius 1 is 1.41 bits per heavy atom. The van der Waals surface area contributed by atoms with Crippen molar-refractivity contribution in [2.24, 2.45) is 11.3 Å². The maximum Gasteiger partial charge on any atom is 0.475 e. The molecule has 11 heteroatoms. The van der Waals surface area contributed by atoms with E-state index in [1.807, 2.05) is 0 Å². The van der Waals surface area contributed by atoms with Gasteiger partial charge in [-0.1, -0.05) is 12.8 Å². The summed E-state index contributed by atoms with van der Waals surface area (Å²) in [5, 5.41) is 0. The molecule has 2 saturated heterocycles. The Labute approximate surface area is 187 Å². The number of ether oxygens (including phenoxy) is 2. The number of carbonyl (C=O) groups excluding carboxylic acids is 3. The van der Waals surface area contributed by atoms with Crippen LogP contribution in [0.5, 0.6) is 0 Å². The van der Waals surface area contributed by atoms with Crippen LogP contribution in [-0.4, -0.2) is 60.3 Å². The molecule has 3 aliphatic rings. The van der Waals surface area contributed by atoms with E-state index in [0.29, 0.717) is 0 Å². The molecule has 0 bridgehead atoms. The molecular weight excluding hydrogens is 441 g/mol. The van der Waals surface area contributed by atoms with E-state index >= 15 is 0 Å². The fourth-order valence-electron chi connectivity index (χ4n) is 3.68. The van der Waals surface area contributed by atoms with Crippen LogP contribution < -0.4 is 0 Å². The first-order chi connectivity index (χ1) is 15.0. The Bertz CT molecular complexity index is 894. The highest BCUT2D eigenvalue weighted by atomic mass is 31.2. The number of fused-ring (bicyclic) bond motifs is 1. The van der Waals surface area contributed by atoms with Crippen molar-refractivity contribution in [1.82, 2.24) is 4.90 Å². The highest BCUT2D eigenvalue weighted by Gasteiger charge is 2.61. The molecule has 3 heterocycles. The Morgan fingerprint density at radius 2 is 2.12 bits per heavy atom. The van der Waals surface area contributed by atoms with Gasteiger partial charge in [0, 0.05) is 6.20 Å². The van der Waals surface area contributed by atoms with Crippen LogP contribution in [0.2, 0.25) is 0 Å². The van der Waals surface area contributed by atoms with Crippen LogP contribution in [-0.2, 0) is 42.0 Å². The molecule has 0 radical (unpaired) electrons. The number of ketones is 1. The van der Waals surface area contributed by atoms with E-state index in [9.17, 15) is 18.9 Å². The van der Waals surface area contributed by atoms with Gasteiger partial charge in [0.2, 0.25) is 5.91 Å². The lowest BCUT2D eigenvalue weighted by atomic mass is 9.82. The first-order valence-corrected chi connectivity index (χ1v) is 11.9. The van der Waals surface area contributed by atoms with Crippen LogP contribution in [0.15, 0.2) is 12.3 Å². The summed E-state index contributed by atoms with van der Waals surface area (Å²) in [6.45, 7) is 6.66. The molecule has 32 heavy (non-hydrogen) atoms. The largest absolute Gasteiger partial charge is 0.475 e. The van der Waals surface area contributed by atoms with Gasteiger partial charge in [-0.15, -0.1) is 6.42 Å². The van der Waals surface area contributed by atoms with Crippen molar-refractivity contribution in [3.05, 3.63) is 12.3 Å². The maximum absolute atomic E-state index is 13.1. The monoisotopic (exact) mass is 469 g/mol. The Hall–Kier alpha value is -2.02. The smallest absolute Gasteiger partial charge is 0.463 e. The maximum atomic E-state index is 13.1. The second-order valence-corrected chi connectivity index (χ2v) is 10.1. The van der Waals surface area contributed by atoms with Gasteiger partial charge in [0.05, 0.1) is 31.7 Å². The zero-order chi connectivity index (χ0) is 23.7. The lowest BCUT2D eigenvalue weighted by Gasteiger charge is -2.37. The number of phosphoric acid groups is 1. The van der Waals surface area contributed by atoms with Gasteiger partial charge in [0.15, 0.2) is 12.0 Å². The van der Waals surface area contributed by atoms with Crippen LogP contribution in [0, 0.1) is 23.7 Å². The summed E-state index contributed by atoms with van der Waals surface area (Å²) in [4.78, 5) is 37.0. The molecule has 1 unspecified atom stereocenters. The Kier molecular flexibility index (Phi) is 7.28. The first-order valence-electron chi connectivity index (χ1n) is 10.4. The highest BCUT2D eigenvalue weighted by molar-refractivity contribution is 7.48. The Balaban J connectivity index is 1.66. The predicted molar refractivity (Wildman–Crippen MR) is 111 cm³/mol. The molecule has 6 atom stereocenters. The second-order valence-electron chi connectivity index (χ2n) is 8.49. The van der Waals surface area contributed by atoms with Crippen molar-refractivity contribution in [1.29, 1.82) is 0 Å². The van der Waals surface area contributed by atoms with Crippen molar-refractivity contribution < 1.29 is 42.0 Å². The Morgan fingerprint density at radius 3 is 2.75 bits per heavy atom. The number of amides is 1. The van der Waals surface area contributed by atoms with Gasteiger partial charge in [-0.05, 0) is 33.3 Å². The third kappa shape index (κ3) is 4.98. The van der Waals surface area contributed by atoms with E-state index < -0.39 is 43.5 Å².